The van der Waals surface area contributed by atoms with Crippen molar-refractivity contribution in [3.8, 4) is 28.5 Å². The third-order valence-corrected chi connectivity index (χ3v) is 7.38. The molecular formula is C29H33N7O. The van der Waals surface area contributed by atoms with E-state index in [2.05, 4.69) is 77.1 Å². The summed E-state index contributed by atoms with van der Waals surface area (Å²) in [7, 11) is 1.95. The average molecular weight is 496 g/mol. The SMILES string of the molecule is Cn1cnc(-c2cc(-c3ccc(N4CCN(CC(C=O)C(C)(C)C)CC4)cc3)c3c(C#N)cnn3c2)c1. The third kappa shape index (κ3) is 5.00. The number of benzene rings is 1. The van der Waals surface area contributed by atoms with Crippen LogP contribution in [0.4, 0.5) is 5.69 Å². The summed E-state index contributed by atoms with van der Waals surface area (Å²) in [6, 6.07) is 12.9. The fraction of sp³-hybridized carbons (Fsp3) is 0.379. The zero-order chi connectivity index (χ0) is 26.2. The molecule has 4 aromatic rings. The molecule has 1 unspecified atom stereocenters. The van der Waals surface area contributed by atoms with Crippen molar-refractivity contribution < 1.29 is 4.79 Å². The number of hydrogen-bond donors (Lipinski definition) is 0. The summed E-state index contributed by atoms with van der Waals surface area (Å²) in [6.07, 6.45) is 8.40. The van der Waals surface area contributed by atoms with Crippen LogP contribution >= 0.6 is 0 Å². The van der Waals surface area contributed by atoms with E-state index in [1.165, 1.54) is 5.69 Å². The van der Waals surface area contributed by atoms with E-state index in [9.17, 15) is 10.1 Å². The summed E-state index contributed by atoms with van der Waals surface area (Å²) in [5.74, 6) is 0.0406. The lowest BCUT2D eigenvalue weighted by Gasteiger charge is -2.39. The molecular weight excluding hydrogens is 462 g/mol. The van der Waals surface area contributed by atoms with E-state index in [0.29, 0.717) is 5.56 Å². The highest BCUT2D eigenvalue weighted by Crippen LogP contribution is 2.33. The number of nitrogens with zero attached hydrogens (tertiary/aromatic N) is 7. The van der Waals surface area contributed by atoms with Gasteiger partial charge in [0, 0.05) is 74.9 Å². The molecule has 0 spiro atoms. The number of aryl methyl sites for hydroxylation is 1. The summed E-state index contributed by atoms with van der Waals surface area (Å²) in [6.45, 7) is 10.9. The maximum atomic E-state index is 11.6. The number of aldehydes is 1. The Labute approximate surface area is 217 Å². The van der Waals surface area contributed by atoms with Gasteiger partial charge in [0.2, 0.25) is 0 Å². The van der Waals surface area contributed by atoms with Crippen molar-refractivity contribution in [2.45, 2.75) is 20.8 Å². The van der Waals surface area contributed by atoms with Gasteiger partial charge in [-0.2, -0.15) is 10.4 Å². The number of pyridine rings is 1. The van der Waals surface area contributed by atoms with Crippen LogP contribution in [0.25, 0.3) is 27.9 Å². The highest BCUT2D eigenvalue weighted by atomic mass is 16.1. The Morgan fingerprint density at radius 1 is 1.08 bits per heavy atom. The predicted molar refractivity (Wildman–Crippen MR) is 145 cm³/mol. The van der Waals surface area contributed by atoms with Gasteiger partial charge in [-0.05, 0) is 29.2 Å². The fourth-order valence-corrected chi connectivity index (χ4v) is 4.96. The van der Waals surface area contributed by atoms with Crippen LogP contribution < -0.4 is 4.90 Å². The molecule has 37 heavy (non-hydrogen) atoms. The molecule has 1 aliphatic rings. The van der Waals surface area contributed by atoms with Gasteiger partial charge in [0.1, 0.15) is 12.4 Å². The van der Waals surface area contributed by atoms with Gasteiger partial charge in [-0.15, -0.1) is 0 Å². The zero-order valence-corrected chi connectivity index (χ0v) is 21.9. The van der Waals surface area contributed by atoms with Crippen molar-refractivity contribution in [3.63, 3.8) is 0 Å². The second-order valence-electron chi connectivity index (χ2n) is 11.0. The van der Waals surface area contributed by atoms with Gasteiger partial charge in [-0.3, -0.25) is 4.90 Å². The first-order valence-corrected chi connectivity index (χ1v) is 12.7. The number of carbonyl (C=O) groups excluding carboxylic acids is 1. The molecule has 1 atom stereocenters. The largest absolute Gasteiger partial charge is 0.369 e. The number of carbonyl (C=O) groups is 1. The van der Waals surface area contributed by atoms with Gasteiger partial charge < -0.3 is 14.3 Å². The Morgan fingerprint density at radius 2 is 1.81 bits per heavy atom. The van der Waals surface area contributed by atoms with E-state index in [-0.39, 0.29) is 11.3 Å². The topological polar surface area (TPSA) is 82.5 Å². The zero-order valence-electron chi connectivity index (χ0n) is 21.9. The molecule has 1 aliphatic heterocycles. The van der Waals surface area contributed by atoms with Gasteiger partial charge in [-0.1, -0.05) is 32.9 Å². The van der Waals surface area contributed by atoms with Crippen LogP contribution in [0.1, 0.15) is 26.3 Å². The first-order chi connectivity index (χ1) is 17.8. The molecule has 190 valence electrons. The summed E-state index contributed by atoms with van der Waals surface area (Å²) in [5, 5.41) is 14.1. The first kappa shape index (κ1) is 24.7. The monoisotopic (exact) mass is 495 g/mol. The summed E-state index contributed by atoms with van der Waals surface area (Å²) in [5.41, 5.74) is 6.29. The minimum Gasteiger partial charge on any atom is -0.369 e. The van der Waals surface area contributed by atoms with Crippen LogP contribution in [-0.4, -0.2) is 63.1 Å². The standard InChI is InChI=1S/C29H33N7O/c1-29(2,3)24(19-37)17-34-9-11-35(12-10-34)25-7-5-21(6-8-25)26-13-22(27-18-33(4)20-31-27)16-36-28(26)23(14-30)15-32-36/h5-8,13,15-16,18-20,24H,9-12,17H2,1-4H3. The van der Waals surface area contributed by atoms with E-state index in [1.807, 2.05) is 24.0 Å². The van der Waals surface area contributed by atoms with Crippen LogP contribution in [0.15, 0.2) is 55.2 Å². The van der Waals surface area contributed by atoms with Gasteiger partial charge in [0.15, 0.2) is 0 Å². The second-order valence-corrected chi connectivity index (χ2v) is 11.0. The van der Waals surface area contributed by atoms with Crippen molar-refractivity contribution in [1.29, 1.82) is 5.26 Å². The number of hydrogen-bond acceptors (Lipinski definition) is 6. The summed E-state index contributed by atoms with van der Waals surface area (Å²) in [4.78, 5) is 20.9. The minimum absolute atomic E-state index is 0.0189. The lowest BCUT2D eigenvalue weighted by atomic mass is 9.81. The normalized spacial score (nSPS) is 15.6. The van der Waals surface area contributed by atoms with Crippen molar-refractivity contribution in [2.24, 2.45) is 18.4 Å². The van der Waals surface area contributed by atoms with Crippen LogP contribution in [-0.2, 0) is 11.8 Å². The molecule has 4 heterocycles. The molecule has 0 N–H and O–H groups in total. The Hall–Kier alpha value is -3.96. The molecule has 1 fully saturated rings. The van der Waals surface area contributed by atoms with Crippen LogP contribution in [0, 0.1) is 22.7 Å². The van der Waals surface area contributed by atoms with E-state index < -0.39 is 0 Å². The molecule has 8 heteroatoms. The van der Waals surface area contributed by atoms with Gasteiger partial charge in [-0.25, -0.2) is 9.50 Å². The molecule has 0 radical (unpaired) electrons. The van der Waals surface area contributed by atoms with Crippen LogP contribution in [0.3, 0.4) is 0 Å². The first-order valence-electron chi connectivity index (χ1n) is 12.7. The third-order valence-electron chi connectivity index (χ3n) is 7.38. The van der Waals surface area contributed by atoms with Crippen molar-refractivity contribution in [1.82, 2.24) is 24.1 Å². The second kappa shape index (κ2) is 9.83. The molecule has 0 saturated carbocycles. The van der Waals surface area contributed by atoms with Gasteiger partial charge in [0.25, 0.3) is 0 Å². The number of imidazole rings is 1. The Balaban J connectivity index is 1.37. The van der Waals surface area contributed by atoms with Gasteiger partial charge >= 0.3 is 0 Å². The summed E-state index contributed by atoms with van der Waals surface area (Å²) >= 11 is 0. The van der Waals surface area contributed by atoms with E-state index in [1.54, 1.807) is 17.0 Å². The predicted octanol–water partition coefficient (Wildman–Crippen LogP) is 4.26. The van der Waals surface area contributed by atoms with Crippen LogP contribution in [0.2, 0.25) is 0 Å². The Bertz CT molecular complexity index is 1440. The molecule has 8 nitrogen and oxygen atoms in total. The smallest absolute Gasteiger partial charge is 0.124 e. The fourth-order valence-electron chi connectivity index (χ4n) is 4.96. The Kier molecular flexibility index (Phi) is 6.57. The number of fused-ring (bicyclic) bond motifs is 1. The van der Waals surface area contributed by atoms with Gasteiger partial charge in [0.05, 0.1) is 29.3 Å². The Morgan fingerprint density at radius 3 is 2.41 bits per heavy atom. The summed E-state index contributed by atoms with van der Waals surface area (Å²) < 4.78 is 3.69. The number of aromatic nitrogens is 4. The number of rotatable bonds is 6. The van der Waals surface area contributed by atoms with Crippen molar-refractivity contribution >= 4 is 17.5 Å². The van der Waals surface area contributed by atoms with Crippen molar-refractivity contribution in [3.05, 3.63) is 60.8 Å². The maximum Gasteiger partial charge on any atom is 0.124 e. The highest BCUT2D eigenvalue weighted by Gasteiger charge is 2.28. The van der Waals surface area contributed by atoms with E-state index >= 15 is 0 Å². The quantitative estimate of drug-likeness (QED) is 0.372. The maximum absolute atomic E-state index is 11.6. The lowest BCUT2D eigenvalue weighted by Crippen LogP contribution is -2.49. The lowest BCUT2D eigenvalue weighted by molar-refractivity contribution is -0.114. The number of anilines is 1. The number of nitriles is 1. The molecule has 1 aromatic carbocycles. The highest BCUT2D eigenvalue weighted by molar-refractivity contribution is 5.87. The molecule has 0 aliphatic carbocycles. The number of piperazine rings is 1. The molecule has 5 rings (SSSR count). The van der Waals surface area contributed by atoms with Crippen LogP contribution in [0.5, 0.6) is 0 Å². The molecule has 1 saturated heterocycles. The molecule has 3 aromatic heterocycles. The molecule has 0 amide bonds. The molecule has 0 bridgehead atoms. The van der Waals surface area contributed by atoms with E-state index in [4.69, 9.17) is 0 Å². The van der Waals surface area contributed by atoms with Crippen molar-refractivity contribution in [2.75, 3.05) is 37.6 Å². The minimum atomic E-state index is -0.0189. The van der Waals surface area contributed by atoms with E-state index in [0.717, 1.165) is 66.9 Å². The average Bonchev–Trinajstić information content (AvgIpc) is 3.52.